The van der Waals surface area contributed by atoms with Gasteiger partial charge in [0.15, 0.2) is 0 Å². The van der Waals surface area contributed by atoms with E-state index < -0.39 is 11.9 Å². The molecule has 28 heavy (non-hydrogen) atoms. The number of hydrogen-bond donors (Lipinski definition) is 2. The lowest BCUT2D eigenvalue weighted by atomic mass is 10.1. The average molecular weight is 438 g/mol. The van der Waals surface area contributed by atoms with Gasteiger partial charge in [0.1, 0.15) is 18.2 Å². The standard InChI is InChI=1S/C21H16BrN3O3/c1-13-8-16(22)6-7-18(13)24-21(28)14(10-23)9-15-11-25(12-20(26)27)19-5-3-2-4-17(15)19/h2-9,11H,12H2,1H3,(H,24,28)(H,26,27). The highest BCUT2D eigenvalue weighted by molar-refractivity contribution is 9.10. The number of fused-ring (bicyclic) bond motifs is 1. The summed E-state index contributed by atoms with van der Waals surface area (Å²) in [5.41, 5.74) is 2.73. The molecule has 3 rings (SSSR count). The number of anilines is 1. The second-order valence-electron chi connectivity index (χ2n) is 6.21. The highest BCUT2D eigenvalue weighted by atomic mass is 79.9. The molecule has 0 unspecified atom stereocenters. The number of nitrogens with one attached hydrogen (secondary N) is 1. The van der Waals surface area contributed by atoms with Gasteiger partial charge in [0.05, 0.1) is 0 Å². The minimum Gasteiger partial charge on any atom is -0.480 e. The molecule has 1 amide bonds. The first-order valence-corrected chi connectivity index (χ1v) is 9.17. The van der Waals surface area contributed by atoms with Gasteiger partial charge < -0.3 is 15.0 Å². The lowest BCUT2D eigenvalue weighted by Gasteiger charge is -2.08. The molecule has 0 saturated heterocycles. The summed E-state index contributed by atoms with van der Waals surface area (Å²) in [5, 5.41) is 22.1. The van der Waals surface area contributed by atoms with Crippen molar-refractivity contribution in [3.05, 3.63) is 69.8 Å². The molecule has 2 N–H and O–H groups in total. The van der Waals surface area contributed by atoms with Crippen LogP contribution in [-0.4, -0.2) is 21.6 Å². The van der Waals surface area contributed by atoms with Crippen LogP contribution in [0.5, 0.6) is 0 Å². The van der Waals surface area contributed by atoms with Crippen LogP contribution in [0.4, 0.5) is 5.69 Å². The van der Waals surface area contributed by atoms with E-state index in [0.29, 0.717) is 11.3 Å². The number of aromatic nitrogens is 1. The number of amides is 1. The van der Waals surface area contributed by atoms with Gasteiger partial charge in [-0.2, -0.15) is 5.26 Å². The molecule has 0 saturated carbocycles. The van der Waals surface area contributed by atoms with Crippen molar-refractivity contribution >= 4 is 50.5 Å². The van der Waals surface area contributed by atoms with Crippen LogP contribution in [0.2, 0.25) is 0 Å². The molecule has 0 aliphatic rings. The summed E-state index contributed by atoms with van der Waals surface area (Å²) >= 11 is 3.37. The maximum atomic E-state index is 12.6. The Hall–Kier alpha value is -3.37. The maximum Gasteiger partial charge on any atom is 0.323 e. The van der Waals surface area contributed by atoms with Crippen molar-refractivity contribution in [1.82, 2.24) is 4.57 Å². The Morgan fingerprint density at radius 1 is 1.29 bits per heavy atom. The van der Waals surface area contributed by atoms with Gasteiger partial charge in [0.2, 0.25) is 0 Å². The van der Waals surface area contributed by atoms with E-state index in [9.17, 15) is 14.9 Å². The van der Waals surface area contributed by atoms with E-state index in [1.165, 1.54) is 6.08 Å². The molecule has 0 aliphatic heterocycles. The second kappa shape index (κ2) is 8.11. The predicted molar refractivity (Wildman–Crippen MR) is 111 cm³/mol. The van der Waals surface area contributed by atoms with Gasteiger partial charge in [-0.3, -0.25) is 9.59 Å². The monoisotopic (exact) mass is 437 g/mol. The molecule has 0 atom stereocenters. The molecule has 6 nitrogen and oxygen atoms in total. The van der Waals surface area contributed by atoms with Crippen molar-refractivity contribution in [2.45, 2.75) is 13.5 Å². The Bertz CT molecular complexity index is 1160. The molecule has 0 spiro atoms. The smallest absolute Gasteiger partial charge is 0.323 e. The fourth-order valence-corrected chi connectivity index (χ4v) is 3.40. The molecule has 140 valence electrons. The quantitative estimate of drug-likeness (QED) is 0.458. The molecular formula is C21H16BrN3O3. The van der Waals surface area contributed by atoms with Gasteiger partial charge in [-0.1, -0.05) is 34.1 Å². The number of carboxylic acid groups (broad SMARTS) is 1. The summed E-state index contributed by atoms with van der Waals surface area (Å²) < 4.78 is 2.47. The number of carbonyl (C=O) groups is 2. The highest BCUT2D eigenvalue weighted by Gasteiger charge is 2.14. The van der Waals surface area contributed by atoms with Crippen molar-refractivity contribution in [1.29, 1.82) is 5.26 Å². The van der Waals surface area contributed by atoms with Crippen LogP contribution in [0.3, 0.4) is 0 Å². The summed E-state index contributed by atoms with van der Waals surface area (Å²) in [6.45, 7) is 1.65. The van der Waals surface area contributed by atoms with E-state index in [1.54, 1.807) is 29.0 Å². The number of carbonyl (C=O) groups excluding carboxylic acids is 1. The lowest BCUT2D eigenvalue weighted by Crippen LogP contribution is -2.14. The molecule has 3 aromatic rings. The van der Waals surface area contributed by atoms with Gasteiger partial charge in [-0.05, 0) is 42.8 Å². The van der Waals surface area contributed by atoms with Crippen LogP contribution in [0.15, 0.2) is 58.7 Å². The number of para-hydroxylation sites is 1. The third-order valence-electron chi connectivity index (χ3n) is 4.23. The van der Waals surface area contributed by atoms with E-state index in [1.807, 2.05) is 37.3 Å². The number of aryl methyl sites for hydroxylation is 1. The summed E-state index contributed by atoms with van der Waals surface area (Å²) in [4.78, 5) is 23.7. The number of benzene rings is 2. The number of carboxylic acids is 1. The molecule has 1 aromatic heterocycles. The van der Waals surface area contributed by atoms with Crippen LogP contribution in [0.25, 0.3) is 17.0 Å². The minimum atomic E-state index is -0.972. The number of aliphatic carboxylic acids is 1. The Kier molecular flexibility index (Phi) is 5.62. The third-order valence-corrected chi connectivity index (χ3v) is 4.72. The summed E-state index contributed by atoms with van der Waals surface area (Å²) in [6.07, 6.45) is 3.11. The van der Waals surface area contributed by atoms with Crippen LogP contribution < -0.4 is 5.32 Å². The van der Waals surface area contributed by atoms with Gasteiger partial charge in [-0.15, -0.1) is 0 Å². The minimum absolute atomic E-state index is 0.0689. The zero-order valence-electron chi connectivity index (χ0n) is 14.9. The van der Waals surface area contributed by atoms with Crippen molar-refractivity contribution in [3.63, 3.8) is 0 Å². The van der Waals surface area contributed by atoms with Crippen LogP contribution >= 0.6 is 15.9 Å². The average Bonchev–Trinajstić information content (AvgIpc) is 2.99. The van der Waals surface area contributed by atoms with Gasteiger partial charge >= 0.3 is 5.97 Å². The molecule has 2 aromatic carbocycles. The maximum absolute atomic E-state index is 12.6. The topological polar surface area (TPSA) is 95.1 Å². The molecule has 0 fully saturated rings. The number of halogens is 1. The fraction of sp³-hybridized carbons (Fsp3) is 0.0952. The Balaban J connectivity index is 1.97. The van der Waals surface area contributed by atoms with Gasteiger partial charge in [-0.25, -0.2) is 0 Å². The first-order valence-electron chi connectivity index (χ1n) is 8.38. The number of hydrogen-bond acceptors (Lipinski definition) is 3. The van der Waals surface area contributed by atoms with Crippen molar-refractivity contribution in [2.75, 3.05) is 5.32 Å². The first kappa shape index (κ1) is 19.4. The van der Waals surface area contributed by atoms with Gasteiger partial charge in [0, 0.05) is 32.8 Å². The molecule has 0 radical (unpaired) electrons. The zero-order chi connectivity index (χ0) is 20.3. The molecule has 0 bridgehead atoms. The second-order valence-corrected chi connectivity index (χ2v) is 7.12. The molecular weight excluding hydrogens is 422 g/mol. The molecule has 0 aliphatic carbocycles. The van der Waals surface area contributed by atoms with Gasteiger partial charge in [0.25, 0.3) is 5.91 Å². The van der Waals surface area contributed by atoms with Crippen molar-refractivity contribution in [2.24, 2.45) is 0 Å². The van der Waals surface area contributed by atoms with Crippen LogP contribution in [-0.2, 0) is 16.1 Å². The number of nitriles is 1. The molecule has 7 heteroatoms. The van der Waals surface area contributed by atoms with E-state index >= 15 is 0 Å². The zero-order valence-corrected chi connectivity index (χ0v) is 16.5. The number of nitrogens with zero attached hydrogens (tertiary/aromatic N) is 2. The van der Waals surface area contributed by atoms with Crippen molar-refractivity contribution in [3.8, 4) is 6.07 Å². The summed E-state index contributed by atoms with van der Waals surface area (Å²) in [5.74, 6) is -1.50. The highest BCUT2D eigenvalue weighted by Crippen LogP contribution is 2.25. The summed E-state index contributed by atoms with van der Waals surface area (Å²) in [6, 6.07) is 14.6. The van der Waals surface area contributed by atoms with E-state index in [2.05, 4.69) is 21.2 Å². The number of rotatable bonds is 5. The Morgan fingerprint density at radius 3 is 2.71 bits per heavy atom. The summed E-state index contributed by atoms with van der Waals surface area (Å²) in [7, 11) is 0. The van der Waals surface area contributed by atoms with Crippen LogP contribution in [0.1, 0.15) is 11.1 Å². The normalized spacial score (nSPS) is 11.2. The van der Waals surface area contributed by atoms with Crippen molar-refractivity contribution < 1.29 is 14.7 Å². The van der Waals surface area contributed by atoms with E-state index in [0.717, 1.165) is 20.9 Å². The Morgan fingerprint density at radius 2 is 2.04 bits per heavy atom. The largest absolute Gasteiger partial charge is 0.480 e. The first-order chi connectivity index (χ1) is 13.4. The van der Waals surface area contributed by atoms with E-state index in [4.69, 9.17) is 5.11 Å². The predicted octanol–water partition coefficient (Wildman–Crippen LogP) is 4.34. The molecule has 1 heterocycles. The third kappa shape index (κ3) is 4.13. The Labute approximate surface area is 169 Å². The fourth-order valence-electron chi connectivity index (χ4n) is 2.93. The SMILES string of the molecule is Cc1cc(Br)ccc1NC(=O)C(C#N)=Cc1cn(CC(=O)O)c2ccccc12. The van der Waals surface area contributed by atoms with Crippen LogP contribution in [0, 0.1) is 18.3 Å². The van der Waals surface area contributed by atoms with E-state index in [-0.39, 0.29) is 12.1 Å². The lowest BCUT2D eigenvalue weighted by molar-refractivity contribution is -0.137.